The third-order valence-corrected chi connectivity index (χ3v) is 4.11. The third-order valence-electron chi connectivity index (χ3n) is 4.11. The van der Waals surface area contributed by atoms with E-state index in [1.165, 1.54) is 6.07 Å². The molecule has 2 fully saturated rings. The number of nitrogens with one attached hydrogen (secondary N) is 1. The number of fused-ring (bicyclic) bond motifs is 2. The van der Waals surface area contributed by atoms with Crippen LogP contribution in [0.3, 0.4) is 0 Å². The van der Waals surface area contributed by atoms with Crippen LogP contribution in [0.15, 0.2) is 18.3 Å². The summed E-state index contributed by atoms with van der Waals surface area (Å²) in [6.07, 6.45) is -0.403. The number of amides is 1. The van der Waals surface area contributed by atoms with Crippen LogP contribution in [0, 0.1) is 0 Å². The maximum absolute atomic E-state index is 12.5. The fraction of sp³-hybridized carbons (Fsp3) is 0.571. The molecule has 2 atom stereocenters. The van der Waals surface area contributed by atoms with Gasteiger partial charge in [0.15, 0.2) is 0 Å². The summed E-state index contributed by atoms with van der Waals surface area (Å²) in [5.74, 6) is -0.245. The standard InChI is InChI=1S/C14H16F3N3O/c15-14(16,17)12-4-1-9(7-18-12)13(21)20-6-5-10-2-3-11(8-20)19-10/h1,4,7,10-11,19H,2-3,5-6,8H2. The van der Waals surface area contributed by atoms with Crippen molar-refractivity contribution in [1.29, 1.82) is 0 Å². The summed E-state index contributed by atoms with van der Waals surface area (Å²) in [5.41, 5.74) is -0.767. The Morgan fingerprint density at radius 1 is 1.24 bits per heavy atom. The second kappa shape index (κ2) is 5.29. The molecule has 1 aromatic rings. The highest BCUT2D eigenvalue weighted by atomic mass is 19.4. The molecule has 3 rings (SSSR count). The molecule has 1 amide bonds. The van der Waals surface area contributed by atoms with Gasteiger partial charge in [0.05, 0.1) is 5.56 Å². The number of halogens is 3. The van der Waals surface area contributed by atoms with Crippen LogP contribution in [0.2, 0.25) is 0 Å². The summed E-state index contributed by atoms with van der Waals surface area (Å²) in [5, 5.41) is 3.46. The predicted molar refractivity (Wildman–Crippen MR) is 69.7 cm³/mol. The van der Waals surface area contributed by atoms with Crippen molar-refractivity contribution in [2.45, 2.75) is 37.5 Å². The molecular weight excluding hydrogens is 283 g/mol. The molecule has 2 unspecified atom stereocenters. The minimum Gasteiger partial charge on any atom is -0.337 e. The molecular formula is C14H16F3N3O. The fourth-order valence-electron chi connectivity index (χ4n) is 3.00. The van der Waals surface area contributed by atoms with Gasteiger partial charge in [-0.2, -0.15) is 13.2 Å². The second-order valence-electron chi connectivity index (χ2n) is 5.61. The van der Waals surface area contributed by atoms with Gasteiger partial charge in [0.2, 0.25) is 0 Å². The summed E-state index contributed by atoms with van der Waals surface area (Å²) < 4.78 is 37.4. The Morgan fingerprint density at radius 2 is 2.00 bits per heavy atom. The number of rotatable bonds is 1. The Balaban J connectivity index is 1.73. The lowest BCUT2D eigenvalue weighted by Gasteiger charge is -2.24. The number of carbonyl (C=O) groups is 1. The summed E-state index contributed by atoms with van der Waals surface area (Å²) in [6.45, 7) is 1.24. The van der Waals surface area contributed by atoms with Crippen molar-refractivity contribution in [3.63, 3.8) is 0 Å². The number of carbonyl (C=O) groups excluding carboxylic acids is 1. The molecule has 1 aromatic heterocycles. The number of pyridine rings is 1. The van der Waals surface area contributed by atoms with Gasteiger partial charge < -0.3 is 10.2 Å². The van der Waals surface area contributed by atoms with E-state index >= 15 is 0 Å². The zero-order chi connectivity index (χ0) is 15.0. The zero-order valence-corrected chi connectivity index (χ0v) is 11.4. The van der Waals surface area contributed by atoms with Crippen LogP contribution < -0.4 is 5.32 Å². The number of alkyl halides is 3. The van der Waals surface area contributed by atoms with E-state index in [1.807, 2.05) is 0 Å². The maximum Gasteiger partial charge on any atom is 0.433 e. The highest BCUT2D eigenvalue weighted by molar-refractivity contribution is 5.94. The predicted octanol–water partition coefficient (Wildman–Crippen LogP) is 2.07. The van der Waals surface area contributed by atoms with Gasteiger partial charge in [-0.15, -0.1) is 0 Å². The molecule has 2 bridgehead atoms. The minimum absolute atomic E-state index is 0.209. The van der Waals surface area contributed by atoms with Gasteiger partial charge in [-0.25, -0.2) is 0 Å². The van der Waals surface area contributed by atoms with Gasteiger partial charge in [-0.3, -0.25) is 9.78 Å². The molecule has 3 heterocycles. The van der Waals surface area contributed by atoms with Gasteiger partial charge in [0.25, 0.3) is 5.91 Å². The Hall–Kier alpha value is -1.63. The molecule has 4 nitrogen and oxygen atoms in total. The Labute approximate surface area is 120 Å². The first-order valence-corrected chi connectivity index (χ1v) is 7.02. The monoisotopic (exact) mass is 299 g/mol. The minimum atomic E-state index is -4.48. The second-order valence-corrected chi connectivity index (χ2v) is 5.61. The van der Waals surface area contributed by atoms with E-state index in [4.69, 9.17) is 0 Å². The molecule has 0 aliphatic carbocycles. The molecule has 2 aliphatic heterocycles. The molecule has 21 heavy (non-hydrogen) atoms. The van der Waals surface area contributed by atoms with Crippen molar-refractivity contribution in [2.75, 3.05) is 13.1 Å². The smallest absolute Gasteiger partial charge is 0.337 e. The Kier molecular flexibility index (Phi) is 3.61. The van der Waals surface area contributed by atoms with Gasteiger partial charge >= 0.3 is 6.18 Å². The summed E-state index contributed by atoms with van der Waals surface area (Å²) in [4.78, 5) is 17.4. The van der Waals surface area contributed by atoms with E-state index in [-0.39, 0.29) is 11.5 Å². The third kappa shape index (κ3) is 3.02. The highest BCUT2D eigenvalue weighted by Gasteiger charge is 2.34. The van der Waals surface area contributed by atoms with Crippen molar-refractivity contribution in [3.8, 4) is 0 Å². The van der Waals surface area contributed by atoms with Crippen LogP contribution in [0.1, 0.15) is 35.3 Å². The van der Waals surface area contributed by atoms with E-state index in [2.05, 4.69) is 10.3 Å². The van der Waals surface area contributed by atoms with E-state index < -0.39 is 11.9 Å². The number of likely N-dealkylation sites (tertiary alicyclic amines) is 1. The summed E-state index contributed by atoms with van der Waals surface area (Å²) >= 11 is 0. The number of aromatic nitrogens is 1. The van der Waals surface area contributed by atoms with Crippen LogP contribution in [0.25, 0.3) is 0 Å². The fourth-order valence-corrected chi connectivity index (χ4v) is 3.00. The highest BCUT2D eigenvalue weighted by Crippen LogP contribution is 2.27. The average Bonchev–Trinajstić information content (AvgIpc) is 2.77. The van der Waals surface area contributed by atoms with E-state index in [9.17, 15) is 18.0 Å². The maximum atomic E-state index is 12.5. The van der Waals surface area contributed by atoms with E-state index in [0.29, 0.717) is 25.2 Å². The van der Waals surface area contributed by atoms with E-state index in [1.54, 1.807) is 4.90 Å². The average molecular weight is 299 g/mol. The molecule has 7 heteroatoms. The molecule has 0 spiro atoms. The van der Waals surface area contributed by atoms with Crippen molar-refractivity contribution in [3.05, 3.63) is 29.6 Å². The molecule has 2 aliphatic rings. The van der Waals surface area contributed by atoms with Gasteiger partial charge in [-0.1, -0.05) is 0 Å². The number of hydrogen-bond donors (Lipinski definition) is 1. The number of hydrogen-bond acceptors (Lipinski definition) is 3. The van der Waals surface area contributed by atoms with Gasteiger partial charge in [0, 0.05) is 31.4 Å². The molecule has 0 saturated carbocycles. The lowest BCUT2D eigenvalue weighted by molar-refractivity contribution is -0.141. The first-order valence-electron chi connectivity index (χ1n) is 7.02. The molecule has 0 aromatic carbocycles. The van der Waals surface area contributed by atoms with Crippen molar-refractivity contribution >= 4 is 5.91 Å². The molecule has 114 valence electrons. The number of nitrogens with zero attached hydrogens (tertiary/aromatic N) is 2. The topological polar surface area (TPSA) is 45.2 Å². The van der Waals surface area contributed by atoms with Gasteiger partial charge in [-0.05, 0) is 31.4 Å². The van der Waals surface area contributed by atoms with Crippen LogP contribution in [0.4, 0.5) is 13.2 Å². The molecule has 2 saturated heterocycles. The van der Waals surface area contributed by atoms with Crippen molar-refractivity contribution < 1.29 is 18.0 Å². The normalized spacial score (nSPS) is 25.8. The first-order chi connectivity index (χ1) is 9.93. The quantitative estimate of drug-likeness (QED) is 0.863. The zero-order valence-electron chi connectivity index (χ0n) is 11.4. The largest absolute Gasteiger partial charge is 0.433 e. The van der Waals surface area contributed by atoms with Gasteiger partial charge in [0.1, 0.15) is 5.69 Å². The lowest BCUT2D eigenvalue weighted by Crippen LogP contribution is -2.39. The SMILES string of the molecule is O=C(c1ccc(C(F)(F)F)nc1)N1CCC2CCC(C1)N2. The van der Waals surface area contributed by atoms with Crippen LogP contribution in [-0.2, 0) is 6.18 Å². The van der Waals surface area contributed by atoms with Crippen LogP contribution >= 0.6 is 0 Å². The van der Waals surface area contributed by atoms with Crippen LogP contribution in [-0.4, -0.2) is 41.0 Å². The molecule has 0 radical (unpaired) electrons. The Morgan fingerprint density at radius 3 is 2.67 bits per heavy atom. The summed E-state index contributed by atoms with van der Waals surface area (Å²) in [7, 11) is 0. The van der Waals surface area contributed by atoms with Crippen molar-refractivity contribution in [1.82, 2.24) is 15.2 Å². The van der Waals surface area contributed by atoms with Crippen LogP contribution in [0.5, 0.6) is 0 Å². The van der Waals surface area contributed by atoms with E-state index in [0.717, 1.165) is 31.5 Å². The summed E-state index contributed by atoms with van der Waals surface area (Å²) in [6, 6.07) is 2.81. The molecule has 1 N–H and O–H groups in total. The van der Waals surface area contributed by atoms with Crippen molar-refractivity contribution in [2.24, 2.45) is 0 Å². The first kappa shape index (κ1) is 14.3. The lowest BCUT2D eigenvalue weighted by atomic mass is 10.1. The Bertz CT molecular complexity index is 529.